The quantitative estimate of drug-likeness (QED) is 0.773. The summed E-state index contributed by atoms with van der Waals surface area (Å²) in [7, 11) is 0. The molecule has 3 unspecified atom stereocenters. The lowest BCUT2D eigenvalue weighted by Crippen LogP contribution is -2.58. The minimum Gasteiger partial charge on any atom is -0.311 e. The summed E-state index contributed by atoms with van der Waals surface area (Å²) in [5, 5.41) is 3.66. The van der Waals surface area contributed by atoms with E-state index in [1.807, 2.05) is 11.8 Å². The standard InChI is InChI=1S/C13H28N2S/c1-5-12-10-15(11(3)7-8-16-4)13(6-2)9-14-12/h11-14H,5-10H2,1-4H3. The molecule has 1 fully saturated rings. The maximum atomic E-state index is 3.66. The van der Waals surface area contributed by atoms with Crippen molar-refractivity contribution in [3.8, 4) is 0 Å². The first-order valence-electron chi connectivity index (χ1n) is 6.70. The van der Waals surface area contributed by atoms with Crippen molar-refractivity contribution in [1.82, 2.24) is 10.2 Å². The number of rotatable bonds is 6. The molecule has 96 valence electrons. The monoisotopic (exact) mass is 244 g/mol. The molecule has 2 nitrogen and oxygen atoms in total. The Morgan fingerprint density at radius 2 is 2.12 bits per heavy atom. The molecule has 1 heterocycles. The smallest absolute Gasteiger partial charge is 0.0221 e. The van der Waals surface area contributed by atoms with Gasteiger partial charge in [0.15, 0.2) is 0 Å². The minimum atomic E-state index is 0.708. The van der Waals surface area contributed by atoms with Crippen LogP contribution in [0.4, 0.5) is 0 Å². The summed E-state index contributed by atoms with van der Waals surface area (Å²) in [5.41, 5.74) is 0. The molecular formula is C13H28N2S. The van der Waals surface area contributed by atoms with E-state index in [0.29, 0.717) is 6.04 Å². The van der Waals surface area contributed by atoms with Crippen molar-refractivity contribution in [3.05, 3.63) is 0 Å². The van der Waals surface area contributed by atoms with Crippen LogP contribution in [-0.4, -0.2) is 48.1 Å². The van der Waals surface area contributed by atoms with Gasteiger partial charge in [-0.15, -0.1) is 0 Å². The molecule has 0 radical (unpaired) electrons. The van der Waals surface area contributed by atoms with Crippen molar-refractivity contribution in [2.75, 3.05) is 25.1 Å². The molecule has 1 aliphatic heterocycles. The molecule has 3 heteroatoms. The van der Waals surface area contributed by atoms with Gasteiger partial charge in [0.05, 0.1) is 0 Å². The van der Waals surface area contributed by atoms with Gasteiger partial charge in [-0.05, 0) is 38.2 Å². The second kappa shape index (κ2) is 7.57. The third-order valence-electron chi connectivity index (χ3n) is 3.81. The van der Waals surface area contributed by atoms with Gasteiger partial charge in [-0.1, -0.05) is 13.8 Å². The van der Waals surface area contributed by atoms with Crippen molar-refractivity contribution in [3.63, 3.8) is 0 Å². The molecule has 0 saturated carbocycles. The van der Waals surface area contributed by atoms with Crippen LogP contribution in [0.2, 0.25) is 0 Å². The summed E-state index contributed by atoms with van der Waals surface area (Å²) in [6.07, 6.45) is 6.06. The third kappa shape index (κ3) is 3.94. The van der Waals surface area contributed by atoms with Crippen molar-refractivity contribution in [2.45, 2.75) is 58.2 Å². The molecule has 0 bridgehead atoms. The van der Waals surface area contributed by atoms with Gasteiger partial charge in [0.25, 0.3) is 0 Å². The zero-order chi connectivity index (χ0) is 12.0. The zero-order valence-corrected chi connectivity index (χ0v) is 12.1. The fourth-order valence-electron chi connectivity index (χ4n) is 2.53. The molecule has 1 saturated heterocycles. The Bertz CT molecular complexity index is 187. The Morgan fingerprint density at radius 1 is 1.38 bits per heavy atom. The van der Waals surface area contributed by atoms with Crippen LogP contribution in [0.3, 0.4) is 0 Å². The molecule has 1 aliphatic rings. The molecule has 1 rings (SSSR count). The van der Waals surface area contributed by atoms with Crippen LogP contribution in [0.25, 0.3) is 0 Å². The molecule has 0 aromatic heterocycles. The maximum absolute atomic E-state index is 3.66. The van der Waals surface area contributed by atoms with Gasteiger partial charge in [-0.25, -0.2) is 0 Å². The first-order chi connectivity index (χ1) is 7.72. The minimum absolute atomic E-state index is 0.708. The Labute approximate surface area is 106 Å². The van der Waals surface area contributed by atoms with Gasteiger partial charge >= 0.3 is 0 Å². The highest BCUT2D eigenvalue weighted by atomic mass is 32.2. The van der Waals surface area contributed by atoms with E-state index in [9.17, 15) is 0 Å². The first-order valence-corrected chi connectivity index (χ1v) is 8.10. The zero-order valence-electron chi connectivity index (χ0n) is 11.3. The number of thioether (sulfide) groups is 1. The lowest BCUT2D eigenvalue weighted by molar-refractivity contribution is 0.0839. The normalized spacial score (nSPS) is 29.2. The van der Waals surface area contributed by atoms with Gasteiger partial charge in [0.2, 0.25) is 0 Å². The predicted octanol–water partition coefficient (Wildman–Crippen LogP) is 2.59. The number of nitrogens with zero attached hydrogens (tertiary/aromatic N) is 1. The highest BCUT2D eigenvalue weighted by Gasteiger charge is 2.28. The van der Waals surface area contributed by atoms with Gasteiger partial charge in [0.1, 0.15) is 0 Å². The van der Waals surface area contributed by atoms with Crippen molar-refractivity contribution in [2.24, 2.45) is 0 Å². The fourth-order valence-corrected chi connectivity index (χ4v) is 3.11. The van der Waals surface area contributed by atoms with Crippen LogP contribution in [0.5, 0.6) is 0 Å². The van der Waals surface area contributed by atoms with Crippen LogP contribution in [0.1, 0.15) is 40.0 Å². The van der Waals surface area contributed by atoms with Gasteiger partial charge in [0, 0.05) is 31.2 Å². The second-order valence-corrected chi connectivity index (χ2v) is 5.89. The SMILES string of the molecule is CCC1CN(C(C)CCSC)C(CC)CN1. The average Bonchev–Trinajstić information content (AvgIpc) is 2.35. The highest BCUT2D eigenvalue weighted by molar-refractivity contribution is 7.98. The van der Waals surface area contributed by atoms with Gasteiger partial charge < -0.3 is 5.32 Å². The van der Waals surface area contributed by atoms with E-state index >= 15 is 0 Å². The Kier molecular flexibility index (Phi) is 6.78. The number of nitrogens with one attached hydrogen (secondary N) is 1. The predicted molar refractivity (Wildman–Crippen MR) is 75.3 cm³/mol. The van der Waals surface area contributed by atoms with E-state index in [1.54, 1.807) is 0 Å². The van der Waals surface area contributed by atoms with E-state index in [2.05, 4.69) is 37.2 Å². The van der Waals surface area contributed by atoms with Gasteiger partial charge in [-0.2, -0.15) is 11.8 Å². The molecule has 0 aromatic rings. The van der Waals surface area contributed by atoms with E-state index in [-0.39, 0.29) is 0 Å². The number of hydrogen-bond donors (Lipinski definition) is 1. The Hall–Kier alpha value is 0.270. The van der Waals surface area contributed by atoms with E-state index < -0.39 is 0 Å². The van der Waals surface area contributed by atoms with Crippen LogP contribution in [-0.2, 0) is 0 Å². The fraction of sp³-hybridized carbons (Fsp3) is 1.00. The van der Waals surface area contributed by atoms with E-state index in [4.69, 9.17) is 0 Å². The molecule has 0 amide bonds. The third-order valence-corrected chi connectivity index (χ3v) is 4.46. The average molecular weight is 244 g/mol. The van der Waals surface area contributed by atoms with Crippen LogP contribution < -0.4 is 5.32 Å². The van der Waals surface area contributed by atoms with Crippen LogP contribution in [0.15, 0.2) is 0 Å². The molecule has 0 aromatic carbocycles. The van der Waals surface area contributed by atoms with E-state index in [0.717, 1.165) is 12.1 Å². The Morgan fingerprint density at radius 3 is 2.69 bits per heavy atom. The molecule has 16 heavy (non-hydrogen) atoms. The van der Waals surface area contributed by atoms with Crippen LogP contribution in [0, 0.1) is 0 Å². The molecular weight excluding hydrogens is 216 g/mol. The van der Waals surface area contributed by atoms with E-state index in [1.165, 1.54) is 38.1 Å². The number of hydrogen-bond acceptors (Lipinski definition) is 3. The summed E-state index contributed by atoms with van der Waals surface area (Å²) < 4.78 is 0. The molecule has 0 spiro atoms. The van der Waals surface area contributed by atoms with Crippen molar-refractivity contribution < 1.29 is 0 Å². The molecule has 1 N–H and O–H groups in total. The highest BCUT2D eigenvalue weighted by Crippen LogP contribution is 2.18. The van der Waals surface area contributed by atoms with Crippen LogP contribution >= 0.6 is 11.8 Å². The summed E-state index contributed by atoms with van der Waals surface area (Å²) in [6, 6.07) is 2.20. The van der Waals surface area contributed by atoms with Crippen molar-refractivity contribution in [1.29, 1.82) is 0 Å². The summed E-state index contributed by atoms with van der Waals surface area (Å²) in [5.74, 6) is 1.29. The Balaban J connectivity index is 2.49. The largest absolute Gasteiger partial charge is 0.311 e. The lowest BCUT2D eigenvalue weighted by Gasteiger charge is -2.43. The van der Waals surface area contributed by atoms with Gasteiger partial charge in [-0.3, -0.25) is 4.90 Å². The summed E-state index contributed by atoms with van der Waals surface area (Å²) in [4.78, 5) is 2.74. The maximum Gasteiger partial charge on any atom is 0.0221 e. The topological polar surface area (TPSA) is 15.3 Å². The second-order valence-electron chi connectivity index (χ2n) is 4.90. The molecule has 3 atom stereocenters. The molecule has 0 aliphatic carbocycles. The lowest BCUT2D eigenvalue weighted by atomic mass is 10.0. The summed E-state index contributed by atoms with van der Waals surface area (Å²) in [6.45, 7) is 9.42. The summed E-state index contributed by atoms with van der Waals surface area (Å²) >= 11 is 1.97. The first kappa shape index (κ1) is 14.3. The number of piperazine rings is 1. The van der Waals surface area contributed by atoms with Crippen molar-refractivity contribution >= 4 is 11.8 Å².